The van der Waals surface area contributed by atoms with Crippen molar-refractivity contribution in [1.29, 1.82) is 0 Å². The van der Waals surface area contributed by atoms with Gasteiger partial charge >= 0.3 is 0 Å². The molecule has 0 aromatic carbocycles. The summed E-state index contributed by atoms with van der Waals surface area (Å²) >= 11 is 1.40. The predicted molar refractivity (Wildman–Crippen MR) is 92.0 cm³/mol. The summed E-state index contributed by atoms with van der Waals surface area (Å²) in [5.74, 6) is 0.153. The fourth-order valence-corrected chi connectivity index (χ4v) is 5.98. The molecule has 1 amide bonds. The molecular weight excluding hydrogens is 350 g/mol. The number of carbonyl (C=O) groups excluding carboxylic acids is 1. The van der Waals surface area contributed by atoms with Crippen LogP contribution in [0.2, 0.25) is 0 Å². The van der Waals surface area contributed by atoms with Gasteiger partial charge in [0, 0.05) is 29.6 Å². The molecule has 24 heavy (non-hydrogen) atoms. The van der Waals surface area contributed by atoms with Crippen molar-refractivity contribution in [1.82, 2.24) is 14.9 Å². The molecule has 1 fully saturated rings. The number of thioether (sulfide) groups is 1. The molecule has 0 radical (unpaired) electrons. The molecule has 1 aromatic heterocycles. The molecule has 2 aliphatic rings. The Labute approximate surface area is 145 Å². The Morgan fingerprint density at radius 2 is 2.21 bits per heavy atom. The quantitative estimate of drug-likeness (QED) is 0.759. The van der Waals surface area contributed by atoms with E-state index in [1.54, 1.807) is 4.57 Å². The van der Waals surface area contributed by atoms with Crippen LogP contribution < -0.4 is 10.9 Å². The standard InChI is InChI=1S/C15H21N3O4S2/c1-3-12-9(2)16-15-18(14(12)20)6-10(7-23-15)13(19)17-11-4-5-24(21,22)8-11/h10-11H,3-8H2,1-2H3,(H,17,19). The van der Waals surface area contributed by atoms with Gasteiger partial charge in [0.05, 0.1) is 17.4 Å². The van der Waals surface area contributed by atoms with Crippen LogP contribution in [-0.4, -0.2) is 47.2 Å². The van der Waals surface area contributed by atoms with Gasteiger partial charge in [-0.2, -0.15) is 0 Å². The Hall–Kier alpha value is -1.35. The van der Waals surface area contributed by atoms with Crippen molar-refractivity contribution in [3.8, 4) is 0 Å². The topological polar surface area (TPSA) is 98.1 Å². The molecule has 3 rings (SSSR count). The number of nitrogens with one attached hydrogen (secondary N) is 1. The number of nitrogens with zero attached hydrogens (tertiary/aromatic N) is 2. The number of aromatic nitrogens is 2. The number of rotatable bonds is 3. The molecule has 3 heterocycles. The summed E-state index contributed by atoms with van der Waals surface area (Å²) in [7, 11) is -3.03. The third-order valence-electron chi connectivity index (χ3n) is 4.55. The Kier molecular flexibility index (Phi) is 4.74. The zero-order chi connectivity index (χ0) is 17.5. The highest BCUT2D eigenvalue weighted by atomic mass is 32.2. The van der Waals surface area contributed by atoms with E-state index in [9.17, 15) is 18.0 Å². The highest BCUT2D eigenvalue weighted by Crippen LogP contribution is 2.26. The summed E-state index contributed by atoms with van der Waals surface area (Å²) < 4.78 is 24.6. The predicted octanol–water partition coefficient (Wildman–Crippen LogP) is 0.139. The largest absolute Gasteiger partial charge is 0.352 e. The van der Waals surface area contributed by atoms with Gasteiger partial charge in [-0.15, -0.1) is 0 Å². The lowest BCUT2D eigenvalue weighted by molar-refractivity contribution is -0.125. The van der Waals surface area contributed by atoms with Crippen LogP contribution in [0.25, 0.3) is 0 Å². The van der Waals surface area contributed by atoms with Crippen molar-refractivity contribution < 1.29 is 13.2 Å². The number of fused-ring (bicyclic) bond motifs is 1. The number of aryl methyl sites for hydroxylation is 1. The zero-order valence-electron chi connectivity index (χ0n) is 13.7. The minimum absolute atomic E-state index is 0.00979. The third-order valence-corrected chi connectivity index (χ3v) is 7.46. The molecule has 7 nitrogen and oxygen atoms in total. The van der Waals surface area contributed by atoms with Crippen molar-refractivity contribution in [3.63, 3.8) is 0 Å². The average molecular weight is 371 g/mol. The van der Waals surface area contributed by atoms with Crippen LogP contribution in [0, 0.1) is 12.8 Å². The molecule has 0 aliphatic carbocycles. The van der Waals surface area contributed by atoms with E-state index < -0.39 is 9.84 Å². The van der Waals surface area contributed by atoms with Crippen LogP contribution in [0.1, 0.15) is 24.6 Å². The van der Waals surface area contributed by atoms with Crippen LogP contribution in [0.5, 0.6) is 0 Å². The van der Waals surface area contributed by atoms with E-state index in [1.807, 2.05) is 13.8 Å². The van der Waals surface area contributed by atoms with Crippen LogP contribution in [0.15, 0.2) is 9.95 Å². The Balaban J connectivity index is 1.75. The second-order valence-electron chi connectivity index (χ2n) is 6.34. The lowest BCUT2D eigenvalue weighted by atomic mass is 10.1. The van der Waals surface area contributed by atoms with Crippen LogP contribution in [0.3, 0.4) is 0 Å². The van der Waals surface area contributed by atoms with Crippen LogP contribution >= 0.6 is 11.8 Å². The molecule has 0 bridgehead atoms. The third kappa shape index (κ3) is 3.37. The first-order valence-corrected chi connectivity index (χ1v) is 10.9. The Morgan fingerprint density at radius 3 is 2.83 bits per heavy atom. The Bertz CT molecular complexity index is 832. The maximum absolute atomic E-state index is 12.6. The summed E-state index contributed by atoms with van der Waals surface area (Å²) in [6.07, 6.45) is 1.07. The van der Waals surface area contributed by atoms with Crippen molar-refractivity contribution in [2.24, 2.45) is 5.92 Å². The van der Waals surface area contributed by atoms with E-state index in [4.69, 9.17) is 0 Å². The summed E-state index contributed by atoms with van der Waals surface area (Å²) in [6, 6.07) is -0.312. The average Bonchev–Trinajstić information content (AvgIpc) is 2.86. The molecule has 132 valence electrons. The van der Waals surface area contributed by atoms with Crippen molar-refractivity contribution >= 4 is 27.5 Å². The number of sulfone groups is 1. The maximum atomic E-state index is 12.6. The van der Waals surface area contributed by atoms with E-state index in [2.05, 4.69) is 10.3 Å². The van der Waals surface area contributed by atoms with Gasteiger partial charge in [0.25, 0.3) is 5.56 Å². The van der Waals surface area contributed by atoms with Gasteiger partial charge in [0.15, 0.2) is 15.0 Å². The van der Waals surface area contributed by atoms with Crippen LogP contribution in [-0.2, 0) is 27.6 Å². The summed E-state index contributed by atoms with van der Waals surface area (Å²) in [4.78, 5) is 29.5. The van der Waals surface area contributed by atoms with Gasteiger partial charge in [0.2, 0.25) is 5.91 Å². The van der Waals surface area contributed by atoms with E-state index in [-0.39, 0.29) is 34.9 Å². The second kappa shape index (κ2) is 6.51. The van der Waals surface area contributed by atoms with Gasteiger partial charge in [-0.25, -0.2) is 13.4 Å². The van der Waals surface area contributed by atoms with Gasteiger partial charge in [0.1, 0.15) is 0 Å². The zero-order valence-corrected chi connectivity index (χ0v) is 15.4. The minimum atomic E-state index is -3.03. The molecule has 2 unspecified atom stereocenters. The number of hydrogen-bond donors (Lipinski definition) is 1. The summed E-state index contributed by atoms with van der Waals surface area (Å²) in [6.45, 7) is 4.05. The molecule has 1 N–H and O–H groups in total. The lowest BCUT2D eigenvalue weighted by Gasteiger charge is -2.26. The monoisotopic (exact) mass is 371 g/mol. The molecule has 0 spiro atoms. The lowest BCUT2D eigenvalue weighted by Crippen LogP contribution is -2.44. The van der Waals surface area contributed by atoms with Crippen molar-refractivity contribution in [2.45, 2.75) is 44.4 Å². The summed E-state index contributed by atoms with van der Waals surface area (Å²) in [5, 5.41) is 3.48. The minimum Gasteiger partial charge on any atom is -0.352 e. The van der Waals surface area contributed by atoms with E-state index >= 15 is 0 Å². The smallest absolute Gasteiger partial charge is 0.257 e. The maximum Gasteiger partial charge on any atom is 0.257 e. The van der Waals surface area contributed by atoms with Crippen molar-refractivity contribution in [2.75, 3.05) is 17.3 Å². The van der Waals surface area contributed by atoms with Gasteiger partial charge in [-0.05, 0) is 19.8 Å². The number of carbonyl (C=O) groups is 1. The first-order chi connectivity index (χ1) is 11.3. The fraction of sp³-hybridized carbons (Fsp3) is 0.667. The molecule has 2 atom stereocenters. The van der Waals surface area contributed by atoms with Crippen molar-refractivity contribution in [3.05, 3.63) is 21.6 Å². The van der Waals surface area contributed by atoms with Crippen LogP contribution in [0.4, 0.5) is 0 Å². The molecule has 1 aromatic rings. The first-order valence-electron chi connectivity index (χ1n) is 8.04. The second-order valence-corrected chi connectivity index (χ2v) is 9.56. The van der Waals surface area contributed by atoms with Gasteiger partial charge in [-0.1, -0.05) is 18.7 Å². The molecule has 0 saturated carbocycles. The molecule has 2 aliphatic heterocycles. The number of hydrogen-bond acceptors (Lipinski definition) is 6. The van der Waals surface area contributed by atoms with E-state index in [0.29, 0.717) is 35.9 Å². The molecular formula is C15H21N3O4S2. The Morgan fingerprint density at radius 1 is 1.46 bits per heavy atom. The van der Waals surface area contributed by atoms with E-state index in [1.165, 1.54) is 11.8 Å². The SMILES string of the molecule is CCc1c(C)nc2n(c1=O)CC(C(=O)NC1CCS(=O)(=O)C1)CS2. The van der Waals surface area contributed by atoms with Gasteiger partial charge < -0.3 is 5.32 Å². The molecule has 1 saturated heterocycles. The highest BCUT2D eigenvalue weighted by Gasteiger charge is 2.33. The highest BCUT2D eigenvalue weighted by molar-refractivity contribution is 7.99. The first kappa shape index (κ1) is 17.5. The fourth-order valence-electron chi connectivity index (χ4n) is 3.19. The number of amides is 1. The van der Waals surface area contributed by atoms with E-state index in [0.717, 1.165) is 5.69 Å². The summed E-state index contributed by atoms with van der Waals surface area (Å²) in [5.41, 5.74) is 1.36. The normalized spacial score (nSPS) is 25.2. The van der Waals surface area contributed by atoms with Gasteiger partial charge in [-0.3, -0.25) is 14.2 Å². The molecule has 9 heteroatoms.